The predicted molar refractivity (Wildman–Crippen MR) is 81.1 cm³/mol. The number of hydrogen-bond acceptors (Lipinski definition) is 5. The van der Waals surface area contributed by atoms with Gasteiger partial charge >= 0.3 is 5.97 Å². The van der Waals surface area contributed by atoms with Crippen molar-refractivity contribution in [3.8, 4) is 0 Å². The molecule has 0 atom stereocenters. The van der Waals surface area contributed by atoms with Crippen LogP contribution in [-0.4, -0.2) is 36.9 Å². The molecule has 5 heteroatoms. The lowest BCUT2D eigenvalue weighted by Crippen LogP contribution is -2.38. The van der Waals surface area contributed by atoms with Crippen molar-refractivity contribution in [3.05, 3.63) is 23.3 Å². The molecule has 1 aromatic carbocycles. The van der Waals surface area contributed by atoms with E-state index < -0.39 is 11.6 Å². The van der Waals surface area contributed by atoms with Gasteiger partial charge in [-0.05, 0) is 45.4 Å². The van der Waals surface area contributed by atoms with E-state index in [4.69, 9.17) is 10.5 Å². The molecule has 0 aromatic heterocycles. The summed E-state index contributed by atoms with van der Waals surface area (Å²) in [6, 6.07) is 3.63. The molecule has 5 nitrogen and oxygen atoms in total. The van der Waals surface area contributed by atoms with Crippen molar-refractivity contribution in [3.63, 3.8) is 0 Å². The van der Waals surface area contributed by atoms with Gasteiger partial charge in [0.1, 0.15) is 0 Å². The number of esters is 1. The molecule has 0 saturated carbocycles. The largest absolute Gasteiger partial charge is 0.465 e. The number of rotatable bonds is 5. The first kappa shape index (κ1) is 16.3. The number of nitrogens with zero attached hydrogens (tertiary/aromatic N) is 1. The highest BCUT2D eigenvalue weighted by Gasteiger charge is 2.20. The molecule has 0 aliphatic heterocycles. The smallest absolute Gasteiger partial charge is 0.340 e. The summed E-state index contributed by atoms with van der Waals surface area (Å²) in [5.41, 5.74) is 7.56. The highest BCUT2D eigenvalue weighted by atomic mass is 16.5. The van der Waals surface area contributed by atoms with Gasteiger partial charge < -0.3 is 20.5 Å². The molecule has 3 N–H and O–H groups in total. The second-order valence-electron chi connectivity index (χ2n) is 5.54. The van der Waals surface area contributed by atoms with E-state index in [2.05, 4.69) is 0 Å². The molecule has 0 unspecified atom stereocenters. The molecular weight excluding hydrogens is 256 g/mol. The Morgan fingerprint density at radius 3 is 2.50 bits per heavy atom. The van der Waals surface area contributed by atoms with E-state index in [1.807, 2.05) is 24.8 Å². The molecular formula is C15H24N2O3. The van der Waals surface area contributed by atoms with Gasteiger partial charge in [0.2, 0.25) is 0 Å². The minimum Gasteiger partial charge on any atom is -0.465 e. The number of methoxy groups -OCH3 is 1. The Labute approximate surface area is 120 Å². The van der Waals surface area contributed by atoms with E-state index in [9.17, 15) is 9.90 Å². The minimum absolute atomic E-state index is 0.358. The molecule has 1 rings (SSSR count). The summed E-state index contributed by atoms with van der Waals surface area (Å²) in [6.07, 6.45) is 0. The standard InChI is InChI=1S/C15H24N2O3/c1-6-17(9-15(3,4)19)11-7-10(2)13(16)12(8-11)14(18)20-5/h7-8,19H,6,9,16H2,1-5H3. The van der Waals surface area contributed by atoms with Gasteiger partial charge in [0.05, 0.1) is 18.3 Å². The Bertz CT molecular complexity index is 493. The van der Waals surface area contributed by atoms with Gasteiger partial charge in [0.15, 0.2) is 0 Å². The predicted octanol–water partition coefficient (Wildman–Crippen LogP) is 1.96. The van der Waals surface area contributed by atoms with Gasteiger partial charge in [0, 0.05) is 24.5 Å². The lowest BCUT2D eigenvalue weighted by molar-refractivity contribution is 0.0602. The normalized spacial score (nSPS) is 11.3. The number of aryl methyl sites for hydroxylation is 1. The molecule has 0 radical (unpaired) electrons. The maximum atomic E-state index is 11.8. The quantitative estimate of drug-likeness (QED) is 0.637. The number of likely N-dealkylation sites (N-methyl/N-ethyl adjacent to an activating group) is 1. The van der Waals surface area contributed by atoms with Crippen molar-refractivity contribution >= 4 is 17.3 Å². The third kappa shape index (κ3) is 3.87. The lowest BCUT2D eigenvalue weighted by atomic mass is 10.0. The summed E-state index contributed by atoms with van der Waals surface area (Å²) < 4.78 is 4.75. The Morgan fingerprint density at radius 2 is 2.05 bits per heavy atom. The zero-order valence-electron chi connectivity index (χ0n) is 12.9. The third-order valence-electron chi connectivity index (χ3n) is 3.10. The van der Waals surface area contributed by atoms with Gasteiger partial charge in [-0.25, -0.2) is 4.79 Å². The van der Waals surface area contributed by atoms with Crippen LogP contribution in [0.25, 0.3) is 0 Å². The van der Waals surface area contributed by atoms with E-state index in [0.29, 0.717) is 24.3 Å². The van der Waals surface area contributed by atoms with Gasteiger partial charge in [-0.2, -0.15) is 0 Å². The van der Waals surface area contributed by atoms with Crippen LogP contribution in [0, 0.1) is 6.92 Å². The van der Waals surface area contributed by atoms with Gasteiger partial charge in [-0.1, -0.05) is 0 Å². The molecule has 0 amide bonds. The molecule has 0 bridgehead atoms. The summed E-state index contributed by atoms with van der Waals surface area (Å²) in [5.74, 6) is -0.452. The summed E-state index contributed by atoms with van der Waals surface area (Å²) >= 11 is 0. The Morgan fingerprint density at radius 1 is 1.45 bits per heavy atom. The van der Waals surface area contributed by atoms with E-state index in [1.165, 1.54) is 7.11 Å². The zero-order valence-corrected chi connectivity index (χ0v) is 12.9. The van der Waals surface area contributed by atoms with Crippen LogP contribution in [0.15, 0.2) is 12.1 Å². The van der Waals surface area contributed by atoms with Crippen LogP contribution in [0.3, 0.4) is 0 Å². The average molecular weight is 280 g/mol. The monoisotopic (exact) mass is 280 g/mol. The minimum atomic E-state index is -0.823. The molecule has 0 aliphatic rings. The molecule has 112 valence electrons. The first-order chi connectivity index (χ1) is 9.19. The topological polar surface area (TPSA) is 75.8 Å². The van der Waals surface area contributed by atoms with E-state index in [-0.39, 0.29) is 0 Å². The number of carbonyl (C=O) groups excluding carboxylic acids is 1. The molecule has 0 spiro atoms. The first-order valence-corrected chi connectivity index (χ1v) is 6.65. The first-order valence-electron chi connectivity index (χ1n) is 6.65. The van der Waals surface area contributed by atoms with Crippen molar-refractivity contribution in [1.29, 1.82) is 0 Å². The van der Waals surface area contributed by atoms with Crippen molar-refractivity contribution in [1.82, 2.24) is 0 Å². The lowest BCUT2D eigenvalue weighted by Gasteiger charge is -2.30. The second kappa shape index (κ2) is 6.13. The second-order valence-corrected chi connectivity index (χ2v) is 5.54. The van der Waals surface area contributed by atoms with Crippen LogP contribution >= 0.6 is 0 Å². The van der Waals surface area contributed by atoms with Crippen LogP contribution in [0.2, 0.25) is 0 Å². The number of benzene rings is 1. The zero-order chi connectivity index (χ0) is 15.5. The number of ether oxygens (including phenoxy) is 1. The van der Waals surface area contributed by atoms with E-state index >= 15 is 0 Å². The summed E-state index contributed by atoms with van der Waals surface area (Å²) in [6.45, 7) is 8.53. The Kier molecular flexibility index (Phi) is 5.00. The highest BCUT2D eigenvalue weighted by Crippen LogP contribution is 2.27. The SMILES string of the molecule is CCN(CC(C)(C)O)c1cc(C)c(N)c(C(=O)OC)c1. The third-order valence-corrected chi connectivity index (χ3v) is 3.10. The van der Waals surface area contributed by atoms with Crippen LogP contribution in [0.5, 0.6) is 0 Å². The fourth-order valence-electron chi connectivity index (χ4n) is 2.09. The van der Waals surface area contributed by atoms with Gasteiger partial charge in [-0.3, -0.25) is 0 Å². The van der Waals surface area contributed by atoms with Crippen LogP contribution < -0.4 is 10.6 Å². The molecule has 0 saturated heterocycles. The van der Waals surface area contributed by atoms with E-state index in [1.54, 1.807) is 19.9 Å². The average Bonchev–Trinajstić information content (AvgIpc) is 2.37. The molecule has 0 heterocycles. The highest BCUT2D eigenvalue weighted by molar-refractivity contribution is 5.97. The van der Waals surface area contributed by atoms with Crippen molar-refractivity contribution in [2.45, 2.75) is 33.3 Å². The number of nitrogen functional groups attached to an aromatic ring is 1. The molecule has 0 aliphatic carbocycles. The Hall–Kier alpha value is -1.75. The number of carbonyl (C=O) groups is 1. The molecule has 1 aromatic rings. The Balaban J connectivity index is 3.24. The summed E-state index contributed by atoms with van der Waals surface area (Å²) in [7, 11) is 1.33. The van der Waals surface area contributed by atoms with Gasteiger partial charge in [0.25, 0.3) is 0 Å². The maximum absolute atomic E-state index is 11.8. The van der Waals surface area contributed by atoms with Crippen molar-refractivity contribution < 1.29 is 14.6 Å². The number of aliphatic hydroxyl groups is 1. The van der Waals surface area contributed by atoms with Crippen molar-refractivity contribution in [2.75, 3.05) is 30.8 Å². The van der Waals surface area contributed by atoms with Crippen molar-refractivity contribution in [2.24, 2.45) is 0 Å². The summed E-state index contributed by atoms with van der Waals surface area (Å²) in [5, 5.41) is 9.97. The fraction of sp³-hybridized carbons (Fsp3) is 0.533. The number of hydrogen-bond donors (Lipinski definition) is 2. The number of nitrogens with two attached hydrogens (primary N) is 1. The maximum Gasteiger partial charge on any atom is 0.340 e. The molecule has 20 heavy (non-hydrogen) atoms. The van der Waals surface area contributed by atoms with Crippen LogP contribution in [0.1, 0.15) is 36.7 Å². The summed E-state index contributed by atoms with van der Waals surface area (Å²) in [4.78, 5) is 13.8. The van der Waals surface area contributed by atoms with E-state index in [0.717, 1.165) is 11.3 Å². The number of anilines is 2. The fourth-order valence-corrected chi connectivity index (χ4v) is 2.09. The van der Waals surface area contributed by atoms with Crippen LogP contribution in [0.4, 0.5) is 11.4 Å². The van der Waals surface area contributed by atoms with Crippen LogP contribution in [-0.2, 0) is 4.74 Å². The van der Waals surface area contributed by atoms with Gasteiger partial charge in [-0.15, -0.1) is 0 Å². The molecule has 0 fully saturated rings.